The fourth-order valence-corrected chi connectivity index (χ4v) is 5.72. The highest BCUT2D eigenvalue weighted by Crippen LogP contribution is 2.43. The van der Waals surface area contributed by atoms with E-state index in [9.17, 15) is 0 Å². The van der Waals surface area contributed by atoms with E-state index in [1.54, 1.807) is 11.0 Å². The van der Waals surface area contributed by atoms with E-state index in [4.69, 9.17) is 15.2 Å². The van der Waals surface area contributed by atoms with E-state index < -0.39 is 0 Å². The van der Waals surface area contributed by atoms with Gasteiger partial charge in [-0.1, -0.05) is 97.1 Å². The van der Waals surface area contributed by atoms with Gasteiger partial charge in [0, 0.05) is 6.20 Å². The van der Waals surface area contributed by atoms with Crippen LogP contribution in [0.4, 0.5) is 0 Å². The number of hydrogen-bond donors (Lipinski definition) is 0. The standard InChI is InChI=1S/C36H23N5/c1-2-11-24(12-3-1)35-26-13-4-6-15-28(26)36(29-16-7-5-14-27(29)35)25-20-21-32-33(23-25)40-41(39-32)34-19-10-18-31(38-34)30-17-8-9-22-37-30/h1-23H. The first-order chi connectivity index (χ1) is 20.3. The van der Waals surface area contributed by atoms with Gasteiger partial charge < -0.3 is 0 Å². The molecule has 0 radical (unpaired) electrons. The van der Waals surface area contributed by atoms with Crippen LogP contribution in [-0.2, 0) is 0 Å². The summed E-state index contributed by atoms with van der Waals surface area (Å²) in [6.45, 7) is 0. The Morgan fingerprint density at radius 1 is 0.439 bits per heavy atom. The predicted molar refractivity (Wildman–Crippen MR) is 166 cm³/mol. The number of pyridine rings is 2. The Hall–Kier alpha value is -5.68. The Morgan fingerprint density at radius 2 is 1.05 bits per heavy atom. The summed E-state index contributed by atoms with van der Waals surface area (Å²) in [6.07, 6.45) is 1.77. The Kier molecular flexibility index (Phi) is 5.38. The van der Waals surface area contributed by atoms with E-state index in [0.717, 1.165) is 28.0 Å². The van der Waals surface area contributed by atoms with Crippen molar-refractivity contribution in [3.8, 4) is 39.5 Å². The molecule has 8 aromatic rings. The fourth-order valence-electron chi connectivity index (χ4n) is 5.72. The van der Waals surface area contributed by atoms with E-state index in [2.05, 4.69) is 96.0 Å². The second-order valence-corrected chi connectivity index (χ2v) is 10.00. The number of aromatic nitrogens is 5. The zero-order valence-electron chi connectivity index (χ0n) is 22.0. The first-order valence-corrected chi connectivity index (χ1v) is 13.6. The van der Waals surface area contributed by atoms with Crippen LogP contribution in [0.3, 0.4) is 0 Å². The van der Waals surface area contributed by atoms with E-state index >= 15 is 0 Å². The van der Waals surface area contributed by atoms with Crippen LogP contribution in [0.5, 0.6) is 0 Å². The predicted octanol–water partition coefficient (Wildman–Crippen LogP) is 8.52. The smallest absolute Gasteiger partial charge is 0.174 e. The Morgan fingerprint density at radius 3 is 1.73 bits per heavy atom. The zero-order valence-corrected chi connectivity index (χ0v) is 22.0. The van der Waals surface area contributed by atoms with Gasteiger partial charge in [-0.2, -0.15) is 0 Å². The van der Waals surface area contributed by atoms with E-state index in [0.29, 0.717) is 5.82 Å². The minimum Gasteiger partial charge on any atom is -0.255 e. The van der Waals surface area contributed by atoms with E-state index in [1.807, 2.05) is 42.5 Å². The molecule has 0 atom stereocenters. The third-order valence-electron chi connectivity index (χ3n) is 7.53. The van der Waals surface area contributed by atoms with Gasteiger partial charge in [0.05, 0.1) is 11.4 Å². The largest absolute Gasteiger partial charge is 0.255 e. The molecule has 8 rings (SSSR count). The summed E-state index contributed by atoms with van der Waals surface area (Å²) in [4.78, 5) is 10.8. The summed E-state index contributed by atoms with van der Waals surface area (Å²) in [5.41, 5.74) is 7.99. The van der Waals surface area contributed by atoms with Crippen LogP contribution in [-0.4, -0.2) is 25.0 Å². The number of hydrogen-bond acceptors (Lipinski definition) is 4. The molecule has 0 aliphatic rings. The zero-order chi connectivity index (χ0) is 27.2. The molecule has 0 saturated carbocycles. The maximum Gasteiger partial charge on any atom is 0.174 e. The molecule has 0 saturated heterocycles. The summed E-state index contributed by atoms with van der Waals surface area (Å²) in [7, 11) is 0. The van der Waals surface area contributed by atoms with Crippen LogP contribution in [0, 0.1) is 0 Å². The van der Waals surface area contributed by atoms with Crippen molar-refractivity contribution in [2.45, 2.75) is 0 Å². The highest BCUT2D eigenvalue weighted by molar-refractivity contribution is 6.21. The van der Waals surface area contributed by atoms with Crippen molar-refractivity contribution in [3.05, 3.63) is 140 Å². The molecule has 3 heterocycles. The van der Waals surface area contributed by atoms with Gasteiger partial charge >= 0.3 is 0 Å². The van der Waals surface area contributed by atoms with Gasteiger partial charge in [0.15, 0.2) is 5.82 Å². The van der Waals surface area contributed by atoms with Crippen molar-refractivity contribution in [1.29, 1.82) is 0 Å². The summed E-state index contributed by atoms with van der Waals surface area (Å²) >= 11 is 0. The van der Waals surface area contributed by atoms with Crippen LogP contribution in [0.1, 0.15) is 0 Å². The molecule has 0 aliphatic heterocycles. The van der Waals surface area contributed by atoms with Gasteiger partial charge in [-0.15, -0.1) is 15.0 Å². The molecule has 0 N–H and O–H groups in total. The summed E-state index contributed by atoms with van der Waals surface area (Å²) < 4.78 is 0. The Labute approximate surface area is 236 Å². The van der Waals surface area contributed by atoms with Crippen molar-refractivity contribution >= 4 is 32.6 Å². The number of rotatable bonds is 4. The first kappa shape index (κ1) is 23.2. The lowest BCUT2D eigenvalue weighted by Gasteiger charge is -2.17. The van der Waals surface area contributed by atoms with Crippen LogP contribution in [0.25, 0.3) is 72.0 Å². The van der Waals surface area contributed by atoms with Crippen molar-refractivity contribution in [3.63, 3.8) is 0 Å². The maximum atomic E-state index is 4.85. The molecule has 0 bridgehead atoms. The topological polar surface area (TPSA) is 56.5 Å². The summed E-state index contributed by atoms with van der Waals surface area (Å²) in [5, 5.41) is 14.5. The third kappa shape index (κ3) is 3.95. The number of benzene rings is 5. The monoisotopic (exact) mass is 525 g/mol. The van der Waals surface area contributed by atoms with Crippen LogP contribution in [0.15, 0.2) is 140 Å². The lowest BCUT2D eigenvalue weighted by molar-refractivity contribution is 0.742. The number of nitrogens with zero attached hydrogens (tertiary/aromatic N) is 5. The minimum absolute atomic E-state index is 0.647. The molecule has 5 heteroatoms. The Balaban J connectivity index is 1.31. The molecule has 0 aliphatic carbocycles. The van der Waals surface area contributed by atoms with Gasteiger partial charge in [0.1, 0.15) is 11.0 Å². The molecule has 0 fully saturated rings. The second-order valence-electron chi connectivity index (χ2n) is 10.00. The lowest BCUT2D eigenvalue weighted by atomic mass is 9.86. The Bertz CT molecular complexity index is 2140. The van der Waals surface area contributed by atoms with Crippen LogP contribution in [0.2, 0.25) is 0 Å². The average molecular weight is 526 g/mol. The molecule has 0 spiro atoms. The molecule has 5 nitrogen and oxygen atoms in total. The first-order valence-electron chi connectivity index (χ1n) is 13.6. The SMILES string of the molecule is c1ccc(-c2c3ccccc3c(-c3ccc4nn(-c5cccc(-c6ccccn6)n5)nc4c3)c3ccccc23)cc1. The van der Waals surface area contributed by atoms with Gasteiger partial charge in [0.25, 0.3) is 0 Å². The number of fused-ring (bicyclic) bond motifs is 3. The molecule has 3 aromatic heterocycles. The average Bonchev–Trinajstić information content (AvgIpc) is 3.48. The highest BCUT2D eigenvalue weighted by Gasteiger charge is 2.17. The molecule has 0 amide bonds. The molecular formula is C36H23N5. The third-order valence-corrected chi connectivity index (χ3v) is 7.53. The minimum atomic E-state index is 0.647. The normalized spacial score (nSPS) is 11.4. The maximum absolute atomic E-state index is 4.85. The van der Waals surface area contributed by atoms with E-state index in [-0.39, 0.29) is 0 Å². The second kappa shape index (κ2) is 9.50. The molecular weight excluding hydrogens is 502 g/mol. The fraction of sp³-hybridized carbons (Fsp3) is 0. The molecule has 0 unspecified atom stereocenters. The highest BCUT2D eigenvalue weighted by atomic mass is 15.5. The van der Waals surface area contributed by atoms with Crippen molar-refractivity contribution in [1.82, 2.24) is 25.0 Å². The van der Waals surface area contributed by atoms with Crippen molar-refractivity contribution in [2.75, 3.05) is 0 Å². The van der Waals surface area contributed by atoms with Gasteiger partial charge in [-0.05, 0) is 80.2 Å². The van der Waals surface area contributed by atoms with Crippen LogP contribution < -0.4 is 0 Å². The van der Waals surface area contributed by atoms with Gasteiger partial charge in [-0.3, -0.25) is 4.98 Å². The molecule has 5 aromatic carbocycles. The van der Waals surface area contributed by atoms with Crippen LogP contribution >= 0.6 is 0 Å². The molecule has 192 valence electrons. The molecule has 41 heavy (non-hydrogen) atoms. The quantitative estimate of drug-likeness (QED) is 0.216. The summed E-state index contributed by atoms with van der Waals surface area (Å²) in [6, 6.07) is 46.0. The van der Waals surface area contributed by atoms with Crippen molar-refractivity contribution < 1.29 is 0 Å². The van der Waals surface area contributed by atoms with Gasteiger partial charge in [0.2, 0.25) is 0 Å². The summed E-state index contributed by atoms with van der Waals surface area (Å²) in [5.74, 6) is 0.647. The van der Waals surface area contributed by atoms with E-state index in [1.165, 1.54) is 38.2 Å². The van der Waals surface area contributed by atoms with Gasteiger partial charge in [-0.25, -0.2) is 4.98 Å². The van der Waals surface area contributed by atoms with Crippen molar-refractivity contribution in [2.24, 2.45) is 0 Å². The lowest BCUT2D eigenvalue weighted by Crippen LogP contribution is -2.02.